The number of rotatable bonds is 10. The topological polar surface area (TPSA) is 99.4 Å². The van der Waals surface area contributed by atoms with E-state index in [9.17, 15) is 10.2 Å². The number of aliphatic hydroxyl groups excluding tert-OH is 4. The molecule has 104 valence electrons. The fraction of sp³-hybridized carbons (Fsp3) is 1.00. The minimum absolute atomic E-state index is 0.385. The highest BCUT2D eigenvalue weighted by Gasteiger charge is 2.26. The van der Waals surface area contributed by atoms with Gasteiger partial charge in [-0.1, -0.05) is 13.3 Å². The molecule has 0 aliphatic rings. The van der Waals surface area contributed by atoms with Crippen LogP contribution >= 0.6 is 0 Å². The van der Waals surface area contributed by atoms with E-state index in [4.69, 9.17) is 19.7 Å². The van der Waals surface area contributed by atoms with Crippen LogP contribution in [0.15, 0.2) is 0 Å². The number of hydrogen-bond acceptors (Lipinski definition) is 6. The molecule has 4 atom stereocenters. The van der Waals surface area contributed by atoms with Crippen LogP contribution in [0, 0.1) is 0 Å². The Morgan fingerprint density at radius 3 is 2.18 bits per heavy atom. The molecule has 0 amide bonds. The molecule has 6 nitrogen and oxygen atoms in total. The van der Waals surface area contributed by atoms with Crippen LogP contribution in [0.4, 0.5) is 0 Å². The highest BCUT2D eigenvalue weighted by atomic mass is 16.7. The lowest BCUT2D eigenvalue weighted by molar-refractivity contribution is -0.240. The largest absolute Gasteiger partial charge is 0.394 e. The number of unbranched alkanes of at least 4 members (excludes halogenated alkanes) is 1. The molecule has 0 spiro atoms. The van der Waals surface area contributed by atoms with Gasteiger partial charge in [-0.15, -0.1) is 0 Å². The lowest BCUT2D eigenvalue weighted by Gasteiger charge is -2.28. The molecule has 0 aliphatic carbocycles. The van der Waals surface area contributed by atoms with Crippen molar-refractivity contribution in [2.45, 2.75) is 51.3 Å². The summed E-state index contributed by atoms with van der Waals surface area (Å²) in [6.45, 7) is 2.96. The molecule has 0 aromatic heterocycles. The Labute approximate surface area is 102 Å². The standard InChI is InChI=1S/C11H24O6/c1-3-4-5-16-11(9(15)6-12)17-10(7-13)8(2)14/h8-15H,3-7H2,1-2H3/t8-,9-,10?,11?/m0/s1. The summed E-state index contributed by atoms with van der Waals surface area (Å²) in [5.74, 6) is 0. The van der Waals surface area contributed by atoms with Crippen molar-refractivity contribution in [1.29, 1.82) is 0 Å². The van der Waals surface area contributed by atoms with Gasteiger partial charge in [-0.25, -0.2) is 0 Å². The van der Waals surface area contributed by atoms with E-state index < -0.39 is 31.2 Å². The van der Waals surface area contributed by atoms with E-state index >= 15 is 0 Å². The van der Waals surface area contributed by atoms with Gasteiger partial charge in [0.15, 0.2) is 6.29 Å². The van der Waals surface area contributed by atoms with Crippen LogP contribution in [0.3, 0.4) is 0 Å². The maximum absolute atomic E-state index is 9.48. The molecule has 0 heterocycles. The molecular weight excluding hydrogens is 228 g/mol. The Morgan fingerprint density at radius 1 is 1.12 bits per heavy atom. The first-order valence-corrected chi connectivity index (χ1v) is 5.91. The van der Waals surface area contributed by atoms with Crippen LogP contribution < -0.4 is 0 Å². The highest BCUT2D eigenvalue weighted by molar-refractivity contribution is 4.67. The number of ether oxygens (including phenoxy) is 2. The summed E-state index contributed by atoms with van der Waals surface area (Å²) in [6.07, 6.45) is -2.23. The molecule has 0 aromatic rings. The van der Waals surface area contributed by atoms with Gasteiger partial charge in [0, 0.05) is 6.61 Å². The second kappa shape index (κ2) is 9.76. The second-order valence-corrected chi connectivity index (χ2v) is 3.94. The van der Waals surface area contributed by atoms with Crippen molar-refractivity contribution in [2.24, 2.45) is 0 Å². The van der Waals surface area contributed by atoms with E-state index in [0.717, 1.165) is 12.8 Å². The van der Waals surface area contributed by atoms with Crippen LogP contribution in [-0.2, 0) is 9.47 Å². The quantitative estimate of drug-likeness (QED) is 0.301. The van der Waals surface area contributed by atoms with E-state index in [1.165, 1.54) is 6.92 Å². The molecule has 0 aromatic carbocycles. The van der Waals surface area contributed by atoms with Crippen molar-refractivity contribution in [1.82, 2.24) is 0 Å². The lowest BCUT2D eigenvalue weighted by Crippen LogP contribution is -2.42. The monoisotopic (exact) mass is 252 g/mol. The van der Waals surface area contributed by atoms with Crippen molar-refractivity contribution < 1.29 is 29.9 Å². The third kappa shape index (κ3) is 6.92. The van der Waals surface area contributed by atoms with Crippen molar-refractivity contribution in [3.63, 3.8) is 0 Å². The molecule has 0 fully saturated rings. The average molecular weight is 252 g/mol. The summed E-state index contributed by atoms with van der Waals surface area (Å²) in [6, 6.07) is 0. The zero-order valence-electron chi connectivity index (χ0n) is 10.5. The minimum atomic E-state index is -1.19. The SMILES string of the molecule is CCCCOC(OC(CO)[C@H](C)O)[C@@H](O)CO. The molecule has 0 bridgehead atoms. The summed E-state index contributed by atoms with van der Waals surface area (Å²) in [7, 11) is 0. The molecule has 0 saturated heterocycles. The Hall–Kier alpha value is -0.240. The average Bonchev–Trinajstić information content (AvgIpc) is 2.32. The molecule has 17 heavy (non-hydrogen) atoms. The van der Waals surface area contributed by atoms with Gasteiger partial charge in [-0.05, 0) is 13.3 Å². The molecular formula is C11H24O6. The highest BCUT2D eigenvalue weighted by Crippen LogP contribution is 2.09. The van der Waals surface area contributed by atoms with Crippen LogP contribution in [0.1, 0.15) is 26.7 Å². The van der Waals surface area contributed by atoms with Crippen LogP contribution in [0.5, 0.6) is 0 Å². The zero-order chi connectivity index (χ0) is 13.3. The first-order valence-electron chi connectivity index (χ1n) is 5.91. The molecule has 0 aliphatic heterocycles. The van der Waals surface area contributed by atoms with Crippen molar-refractivity contribution in [3.05, 3.63) is 0 Å². The summed E-state index contributed by atoms with van der Waals surface area (Å²) in [4.78, 5) is 0. The fourth-order valence-electron chi connectivity index (χ4n) is 1.15. The Kier molecular flexibility index (Phi) is 9.62. The van der Waals surface area contributed by atoms with Gasteiger partial charge in [0.05, 0.1) is 19.3 Å². The molecule has 0 rings (SSSR count). The Morgan fingerprint density at radius 2 is 1.76 bits per heavy atom. The number of hydrogen-bond donors (Lipinski definition) is 4. The van der Waals surface area contributed by atoms with Gasteiger partial charge in [0.25, 0.3) is 0 Å². The molecule has 0 radical (unpaired) electrons. The summed E-state index contributed by atoms with van der Waals surface area (Å²) >= 11 is 0. The maximum atomic E-state index is 9.48. The summed E-state index contributed by atoms with van der Waals surface area (Å²) in [5, 5.41) is 36.6. The van der Waals surface area contributed by atoms with Crippen LogP contribution in [0.25, 0.3) is 0 Å². The first-order chi connectivity index (χ1) is 8.06. The minimum Gasteiger partial charge on any atom is -0.394 e. The molecule has 0 saturated carbocycles. The van der Waals surface area contributed by atoms with E-state index in [2.05, 4.69) is 0 Å². The van der Waals surface area contributed by atoms with Gasteiger partial charge < -0.3 is 29.9 Å². The molecule has 4 N–H and O–H groups in total. The first kappa shape index (κ1) is 16.8. The number of aliphatic hydroxyl groups is 4. The normalized spacial score (nSPS) is 18.7. The predicted molar refractivity (Wildman–Crippen MR) is 61.4 cm³/mol. The third-order valence-electron chi connectivity index (χ3n) is 2.31. The van der Waals surface area contributed by atoms with Gasteiger partial charge in [-0.3, -0.25) is 0 Å². The van der Waals surface area contributed by atoms with Gasteiger partial charge >= 0.3 is 0 Å². The zero-order valence-corrected chi connectivity index (χ0v) is 10.5. The maximum Gasteiger partial charge on any atom is 0.186 e. The Balaban J connectivity index is 4.25. The van der Waals surface area contributed by atoms with E-state index in [0.29, 0.717) is 6.61 Å². The van der Waals surface area contributed by atoms with E-state index in [1.54, 1.807) is 0 Å². The van der Waals surface area contributed by atoms with Crippen molar-refractivity contribution in [2.75, 3.05) is 19.8 Å². The lowest BCUT2D eigenvalue weighted by atomic mass is 10.2. The second-order valence-electron chi connectivity index (χ2n) is 3.94. The van der Waals surface area contributed by atoms with E-state index in [1.807, 2.05) is 6.92 Å². The third-order valence-corrected chi connectivity index (χ3v) is 2.31. The van der Waals surface area contributed by atoms with Crippen LogP contribution in [0.2, 0.25) is 0 Å². The molecule has 2 unspecified atom stereocenters. The van der Waals surface area contributed by atoms with Gasteiger partial charge in [0.1, 0.15) is 12.2 Å². The predicted octanol–water partition coefficient (Wildman–Crippen LogP) is -0.759. The molecule has 6 heteroatoms. The van der Waals surface area contributed by atoms with Crippen molar-refractivity contribution >= 4 is 0 Å². The Bertz CT molecular complexity index is 175. The van der Waals surface area contributed by atoms with E-state index in [-0.39, 0.29) is 6.61 Å². The van der Waals surface area contributed by atoms with Gasteiger partial charge in [-0.2, -0.15) is 0 Å². The van der Waals surface area contributed by atoms with Crippen LogP contribution in [-0.4, -0.2) is 64.8 Å². The summed E-state index contributed by atoms with van der Waals surface area (Å²) in [5.41, 5.74) is 0. The smallest absolute Gasteiger partial charge is 0.186 e. The fourth-order valence-corrected chi connectivity index (χ4v) is 1.15. The van der Waals surface area contributed by atoms with Gasteiger partial charge in [0.2, 0.25) is 0 Å². The van der Waals surface area contributed by atoms with Crippen molar-refractivity contribution in [3.8, 4) is 0 Å². The summed E-state index contributed by atoms with van der Waals surface area (Å²) < 4.78 is 10.5.